The fourth-order valence-corrected chi connectivity index (χ4v) is 7.47. The van der Waals surface area contributed by atoms with Gasteiger partial charge in [-0.15, -0.1) is 0 Å². The van der Waals surface area contributed by atoms with E-state index in [1.165, 1.54) is 109 Å². The van der Waals surface area contributed by atoms with Gasteiger partial charge in [-0.2, -0.15) is 0 Å². The highest BCUT2D eigenvalue weighted by atomic mass is 16.6. The van der Waals surface area contributed by atoms with E-state index in [0.29, 0.717) is 19.3 Å². The molecule has 0 amide bonds. The number of rotatable bonds is 49. The van der Waals surface area contributed by atoms with Crippen LogP contribution in [0.15, 0.2) is 72.9 Å². The fraction of sp³-hybridized carbons (Fsp3) is 0.746. The van der Waals surface area contributed by atoms with E-state index in [1.807, 2.05) is 0 Å². The summed E-state index contributed by atoms with van der Waals surface area (Å²) in [6.45, 7) is 6.50. The molecule has 0 aliphatic heterocycles. The van der Waals surface area contributed by atoms with Crippen molar-refractivity contribution in [3.63, 3.8) is 0 Å². The minimum atomic E-state index is -0.788. The molecule has 0 aliphatic carbocycles. The van der Waals surface area contributed by atoms with E-state index >= 15 is 0 Å². The van der Waals surface area contributed by atoms with Gasteiger partial charge in [-0.1, -0.05) is 216 Å². The molecule has 65 heavy (non-hydrogen) atoms. The van der Waals surface area contributed by atoms with Gasteiger partial charge in [0.05, 0.1) is 0 Å². The molecule has 0 fully saturated rings. The van der Waals surface area contributed by atoms with Gasteiger partial charge < -0.3 is 14.2 Å². The van der Waals surface area contributed by atoms with Gasteiger partial charge in [0.25, 0.3) is 0 Å². The van der Waals surface area contributed by atoms with E-state index in [0.717, 1.165) is 116 Å². The van der Waals surface area contributed by atoms with Crippen molar-refractivity contribution in [3.8, 4) is 0 Å². The van der Waals surface area contributed by atoms with Gasteiger partial charge in [-0.3, -0.25) is 14.4 Å². The molecule has 0 bridgehead atoms. The zero-order valence-electron chi connectivity index (χ0n) is 42.7. The molecule has 0 aromatic heterocycles. The summed E-state index contributed by atoms with van der Waals surface area (Å²) in [5, 5.41) is 0. The van der Waals surface area contributed by atoms with Crippen LogP contribution in [0.3, 0.4) is 0 Å². The topological polar surface area (TPSA) is 78.9 Å². The lowest BCUT2D eigenvalue weighted by molar-refractivity contribution is -0.167. The molecular formula is C59H102O6. The van der Waals surface area contributed by atoms with Crippen LogP contribution in [0.5, 0.6) is 0 Å². The van der Waals surface area contributed by atoms with Gasteiger partial charge in [0.15, 0.2) is 6.10 Å². The van der Waals surface area contributed by atoms with Crippen LogP contribution >= 0.6 is 0 Å². The monoisotopic (exact) mass is 907 g/mol. The summed E-state index contributed by atoms with van der Waals surface area (Å²) in [5.74, 6) is -0.916. The lowest BCUT2D eigenvalue weighted by Gasteiger charge is -2.18. The van der Waals surface area contributed by atoms with Crippen LogP contribution < -0.4 is 0 Å². The molecule has 0 radical (unpaired) electrons. The summed E-state index contributed by atoms with van der Waals surface area (Å²) in [4.78, 5) is 38.0. The van der Waals surface area contributed by atoms with Crippen molar-refractivity contribution < 1.29 is 28.6 Å². The maximum Gasteiger partial charge on any atom is 0.306 e. The summed E-state index contributed by atoms with van der Waals surface area (Å²) < 4.78 is 16.8. The van der Waals surface area contributed by atoms with Gasteiger partial charge in [0.1, 0.15) is 13.2 Å². The van der Waals surface area contributed by atoms with Crippen LogP contribution in [0, 0.1) is 0 Å². The predicted molar refractivity (Wildman–Crippen MR) is 279 cm³/mol. The van der Waals surface area contributed by atoms with E-state index < -0.39 is 6.10 Å². The standard InChI is InChI=1S/C59H102O6/c1-4-7-10-13-16-19-22-24-25-26-27-28-29-30-31-32-33-35-37-40-43-46-49-52-58(61)64-55-56(54-63-57(60)51-48-45-42-39-36-21-18-15-12-9-6-3)65-59(62)53-50-47-44-41-38-34-23-20-17-14-11-8-5-2/h11,14-15,18,20,22-24,26-27,29-30,56H,4-10,12-13,16-17,19,21,25,28,31-55H2,1-3H3/b14-11-,18-15-,23-20-,24-22-,27-26-,30-29-. The van der Waals surface area contributed by atoms with Gasteiger partial charge >= 0.3 is 17.9 Å². The van der Waals surface area contributed by atoms with Crippen LogP contribution in [0.2, 0.25) is 0 Å². The quantitative estimate of drug-likeness (QED) is 0.0262. The predicted octanol–water partition coefficient (Wildman–Crippen LogP) is 18.2. The Labute approximate surface area is 402 Å². The van der Waals surface area contributed by atoms with E-state index in [2.05, 4.69) is 93.7 Å². The number of hydrogen-bond donors (Lipinski definition) is 0. The second kappa shape index (κ2) is 53.5. The number of carbonyl (C=O) groups is 3. The van der Waals surface area contributed by atoms with E-state index in [4.69, 9.17) is 14.2 Å². The summed E-state index contributed by atoms with van der Waals surface area (Å²) in [6, 6.07) is 0. The Morgan fingerprint density at radius 1 is 0.308 bits per heavy atom. The van der Waals surface area contributed by atoms with Gasteiger partial charge in [0.2, 0.25) is 0 Å². The van der Waals surface area contributed by atoms with Gasteiger partial charge in [0, 0.05) is 19.3 Å². The van der Waals surface area contributed by atoms with Crippen molar-refractivity contribution in [2.75, 3.05) is 13.2 Å². The Hall–Kier alpha value is -3.15. The lowest BCUT2D eigenvalue weighted by Crippen LogP contribution is -2.30. The molecule has 0 saturated heterocycles. The molecule has 0 aliphatic rings. The summed E-state index contributed by atoms with van der Waals surface area (Å²) in [6.07, 6.45) is 67.5. The smallest absolute Gasteiger partial charge is 0.306 e. The Kier molecular flexibility index (Phi) is 50.9. The highest BCUT2D eigenvalue weighted by Gasteiger charge is 2.19. The second-order valence-corrected chi connectivity index (χ2v) is 18.1. The first kappa shape index (κ1) is 61.9. The largest absolute Gasteiger partial charge is 0.462 e. The lowest BCUT2D eigenvalue weighted by atomic mass is 10.1. The molecule has 0 saturated carbocycles. The normalized spacial score (nSPS) is 12.6. The third-order valence-electron chi connectivity index (χ3n) is 11.6. The zero-order valence-corrected chi connectivity index (χ0v) is 42.7. The fourth-order valence-electron chi connectivity index (χ4n) is 7.47. The average Bonchev–Trinajstić information content (AvgIpc) is 3.30. The highest BCUT2D eigenvalue weighted by Crippen LogP contribution is 2.14. The first-order valence-electron chi connectivity index (χ1n) is 27.4. The molecule has 1 atom stereocenters. The molecule has 0 rings (SSSR count). The van der Waals surface area contributed by atoms with Crippen molar-refractivity contribution in [2.45, 2.75) is 271 Å². The van der Waals surface area contributed by atoms with Crippen molar-refractivity contribution in [1.29, 1.82) is 0 Å². The number of allylic oxidation sites excluding steroid dienone is 12. The number of carbonyl (C=O) groups excluding carboxylic acids is 3. The van der Waals surface area contributed by atoms with Crippen LogP contribution in [-0.4, -0.2) is 37.2 Å². The molecule has 6 heteroatoms. The van der Waals surface area contributed by atoms with E-state index in [1.54, 1.807) is 0 Å². The number of hydrogen-bond acceptors (Lipinski definition) is 6. The molecule has 0 aromatic carbocycles. The molecule has 0 heterocycles. The van der Waals surface area contributed by atoms with Crippen molar-refractivity contribution in [1.82, 2.24) is 0 Å². The van der Waals surface area contributed by atoms with Gasteiger partial charge in [-0.25, -0.2) is 0 Å². The third-order valence-corrected chi connectivity index (χ3v) is 11.6. The van der Waals surface area contributed by atoms with Crippen molar-refractivity contribution >= 4 is 17.9 Å². The van der Waals surface area contributed by atoms with Crippen molar-refractivity contribution in [2.24, 2.45) is 0 Å². The maximum atomic E-state index is 12.8. The Morgan fingerprint density at radius 3 is 0.985 bits per heavy atom. The summed E-state index contributed by atoms with van der Waals surface area (Å²) in [5.41, 5.74) is 0. The maximum absolute atomic E-state index is 12.8. The molecule has 0 N–H and O–H groups in total. The molecule has 0 aromatic rings. The Morgan fingerprint density at radius 2 is 0.600 bits per heavy atom. The minimum Gasteiger partial charge on any atom is -0.462 e. The molecule has 1 unspecified atom stereocenters. The number of esters is 3. The average molecular weight is 907 g/mol. The van der Waals surface area contributed by atoms with E-state index in [9.17, 15) is 14.4 Å². The second-order valence-electron chi connectivity index (χ2n) is 18.1. The van der Waals surface area contributed by atoms with Crippen molar-refractivity contribution in [3.05, 3.63) is 72.9 Å². The first-order valence-corrected chi connectivity index (χ1v) is 27.4. The summed E-state index contributed by atoms with van der Waals surface area (Å²) in [7, 11) is 0. The molecule has 374 valence electrons. The molecular weight excluding hydrogens is 805 g/mol. The van der Waals surface area contributed by atoms with Crippen LogP contribution in [0.25, 0.3) is 0 Å². The first-order chi connectivity index (χ1) is 32.0. The Bertz CT molecular complexity index is 1230. The van der Waals surface area contributed by atoms with Crippen LogP contribution in [0.4, 0.5) is 0 Å². The zero-order chi connectivity index (χ0) is 47.2. The van der Waals surface area contributed by atoms with Crippen LogP contribution in [0.1, 0.15) is 265 Å². The van der Waals surface area contributed by atoms with Gasteiger partial charge in [-0.05, 0) is 103 Å². The highest BCUT2D eigenvalue weighted by molar-refractivity contribution is 5.71. The van der Waals surface area contributed by atoms with Crippen LogP contribution in [-0.2, 0) is 28.6 Å². The number of unbranched alkanes of at least 4 members (excludes halogenated alkanes) is 26. The molecule has 0 spiro atoms. The minimum absolute atomic E-state index is 0.0878. The Balaban J connectivity index is 4.31. The third kappa shape index (κ3) is 51.7. The number of ether oxygens (including phenoxy) is 3. The van der Waals surface area contributed by atoms with E-state index in [-0.39, 0.29) is 31.1 Å². The SMILES string of the molecule is CCC/C=C\C/C=C\CCCCCCCC(=O)OC(COC(=O)CCCCCCC/C=C\CCCC)COC(=O)CCCCCCCCCC/C=C\C/C=C\C/C=C\CCCCCCC. The summed E-state index contributed by atoms with van der Waals surface area (Å²) >= 11 is 0. The molecule has 6 nitrogen and oxygen atoms in total.